The second-order valence-electron chi connectivity index (χ2n) is 5.23. The van der Waals surface area contributed by atoms with Gasteiger partial charge in [0.25, 0.3) is 5.67 Å². The predicted molar refractivity (Wildman–Crippen MR) is 73.6 cm³/mol. The quantitative estimate of drug-likeness (QED) is 0.486. The number of esters is 1. The lowest BCUT2D eigenvalue weighted by atomic mass is 9.74. The third kappa shape index (κ3) is 2.86. The fourth-order valence-corrected chi connectivity index (χ4v) is 2.76. The Labute approximate surface area is 122 Å². The maximum atomic E-state index is 15.3. The molecular formula is C16H17FO4. The lowest BCUT2D eigenvalue weighted by Gasteiger charge is -2.32. The van der Waals surface area contributed by atoms with E-state index in [9.17, 15) is 14.4 Å². The minimum atomic E-state index is -2.80. The first-order chi connectivity index (χ1) is 10.00. The van der Waals surface area contributed by atoms with Gasteiger partial charge in [-0.3, -0.25) is 9.59 Å². The van der Waals surface area contributed by atoms with Gasteiger partial charge in [0, 0.05) is 24.3 Å². The van der Waals surface area contributed by atoms with E-state index in [1.165, 1.54) is 12.1 Å². The first-order valence-corrected chi connectivity index (χ1v) is 6.89. The van der Waals surface area contributed by atoms with Crippen molar-refractivity contribution in [3.05, 3.63) is 35.9 Å². The van der Waals surface area contributed by atoms with Crippen LogP contribution in [0.1, 0.15) is 36.0 Å². The zero-order valence-electron chi connectivity index (χ0n) is 11.8. The Morgan fingerprint density at radius 2 is 1.95 bits per heavy atom. The molecule has 0 spiro atoms. The second-order valence-corrected chi connectivity index (χ2v) is 5.23. The average molecular weight is 292 g/mol. The fourth-order valence-electron chi connectivity index (χ4n) is 2.76. The van der Waals surface area contributed by atoms with Crippen molar-refractivity contribution in [2.45, 2.75) is 31.4 Å². The minimum absolute atomic E-state index is 0.100. The van der Waals surface area contributed by atoms with Gasteiger partial charge in [-0.15, -0.1) is 0 Å². The van der Waals surface area contributed by atoms with Crippen LogP contribution in [0.4, 0.5) is 4.39 Å². The topological polar surface area (TPSA) is 60.4 Å². The number of benzene rings is 1. The molecule has 1 saturated carbocycles. The van der Waals surface area contributed by atoms with Crippen molar-refractivity contribution < 1.29 is 23.5 Å². The molecule has 0 amide bonds. The minimum Gasteiger partial charge on any atom is -0.466 e. The maximum Gasteiger partial charge on any atom is 0.352 e. The molecule has 21 heavy (non-hydrogen) atoms. The number of rotatable bonds is 4. The molecule has 1 aliphatic rings. The summed E-state index contributed by atoms with van der Waals surface area (Å²) in [5.41, 5.74) is -2.70. The van der Waals surface area contributed by atoms with Crippen molar-refractivity contribution in [1.82, 2.24) is 0 Å². The van der Waals surface area contributed by atoms with Crippen LogP contribution in [0.25, 0.3) is 0 Å². The van der Waals surface area contributed by atoms with Crippen molar-refractivity contribution in [1.29, 1.82) is 0 Å². The molecule has 1 aliphatic carbocycles. The van der Waals surface area contributed by atoms with E-state index >= 15 is 4.39 Å². The molecule has 0 unspecified atom stereocenters. The summed E-state index contributed by atoms with van der Waals surface area (Å²) < 4.78 is 19.8. The van der Waals surface area contributed by atoms with E-state index in [1.807, 2.05) is 0 Å². The Hall–Kier alpha value is -2.04. The number of carbonyl (C=O) groups excluding carboxylic acids is 3. The molecule has 2 atom stereocenters. The monoisotopic (exact) mass is 292 g/mol. The molecule has 112 valence electrons. The summed E-state index contributed by atoms with van der Waals surface area (Å²) in [5.74, 6) is -3.25. The smallest absolute Gasteiger partial charge is 0.352 e. The molecule has 1 aromatic carbocycles. The normalized spacial score (nSPS) is 21.4. The summed E-state index contributed by atoms with van der Waals surface area (Å²) in [6.45, 7) is 0. The molecular weight excluding hydrogens is 275 g/mol. The lowest BCUT2D eigenvalue weighted by Crippen LogP contribution is -2.51. The van der Waals surface area contributed by atoms with Gasteiger partial charge in [0.15, 0.2) is 0 Å². The Morgan fingerprint density at radius 3 is 2.52 bits per heavy atom. The molecule has 0 aromatic heterocycles. The third-order valence-corrected chi connectivity index (χ3v) is 3.89. The molecule has 0 radical (unpaired) electrons. The maximum absolute atomic E-state index is 15.3. The van der Waals surface area contributed by atoms with Gasteiger partial charge in [-0.05, 0) is 12.8 Å². The van der Waals surface area contributed by atoms with Crippen LogP contribution in [-0.2, 0) is 14.3 Å². The largest absolute Gasteiger partial charge is 0.466 e. The summed E-state index contributed by atoms with van der Waals surface area (Å²) in [6, 6.07) is 7.78. The molecule has 5 heteroatoms. The van der Waals surface area contributed by atoms with E-state index in [0.717, 1.165) is 7.11 Å². The van der Waals surface area contributed by atoms with Gasteiger partial charge < -0.3 is 4.74 Å². The molecule has 0 bridgehead atoms. The second kappa shape index (κ2) is 6.16. The van der Waals surface area contributed by atoms with Gasteiger partial charge in [0.1, 0.15) is 5.78 Å². The summed E-state index contributed by atoms with van der Waals surface area (Å²) in [6.07, 6.45) is 1.06. The summed E-state index contributed by atoms with van der Waals surface area (Å²) in [4.78, 5) is 36.0. The third-order valence-electron chi connectivity index (χ3n) is 3.89. The summed E-state index contributed by atoms with van der Waals surface area (Å²) in [7, 11) is 1.04. The van der Waals surface area contributed by atoms with E-state index < -0.39 is 23.3 Å². The van der Waals surface area contributed by atoms with Crippen molar-refractivity contribution in [3.63, 3.8) is 0 Å². The standard InChI is InChI=1S/C16H17FO4/c1-21-15(20)16(17,12-8-5-9-13(18)10-12)14(19)11-6-3-2-4-7-11/h2-4,6-7,12H,5,8-10H2,1H3/t12-,16+/m1/s1. The SMILES string of the molecule is COC(=O)[C@@](F)(C(=O)c1ccccc1)[C@@H]1CCCC(=O)C1. The molecule has 0 saturated heterocycles. The molecule has 2 rings (SSSR count). The highest BCUT2D eigenvalue weighted by molar-refractivity contribution is 6.16. The van der Waals surface area contributed by atoms with E-state index in [4.69, 9.17) is 0 Å². The number of ketones is 2. The van der Waals surface area contributed by atoms with Crippen LogP contribution in [0.5, 0.6) is 0 Å². The van der Waals surface area contributed by atoms with Gasteiger partial charge in [-0.25, -0.2) is 9.18 Å². The Balaban J connectivity index is 2.39. The first-order valence-electron chi connectivity index (χ1n) is 6.89. The van der Waals surface area contributed by atoms with Crippen LogP contribution in [0.15, 0.2) is 30.3 Å². The zero-order chi connectivity index (χ0) is 15.5. The molecule has 0 N–H and O–H groups in total. The predicted octanol–water partition coefficient (Wildman–Crippen LogP) is 2.51. The van der Waals surface area contributed by atoms with Gasteiger partial charge >= 0.3 is 5.97 Å². The number of hydrogen-bond donors (Lipinski definition) is 0. The molecule has 1 aromatic rings. The number of carbonyl (C=O) groups is 3. The zero-order valence-corrected chi connectivity index (χ0v) is 11.8. The highest BCUT2D eigenvalue weighted by Gasteiger charge is 2.55. The molecule has 1 fully saturated rings. The van der Waals surface area contributed by atoms with Crippen LogP contribution in [0.2, 0.25) is 0 Å². The van der Waals surface area contributed by atoms with Crippen LogP contribution in [-0.4, -0.2) is 30.3 Å². The van der Waals surface area contributed by atoms with E-state index in [2.05, 4.69) is 4.74 Å². The van der Waals surface area contributed by atoms with Crippen LogP contribution in [0, 0.1) is 5.92 Å². The average Bonchev–Trinajstić information content (AvgIpc) is 2.53. The van der Waals surface area contributed by atoms with Crippen LogP contribution < -0.4 is 0 Å². The lowest BCUT2D eigenvalue weighted by molar-refractivity contribution is -0.155. The van der Waals surface area contributed by atoms with Crippen molar-refractivity contribution >= 4 is 17.5 Å². The van der Waals surface area contributed by atoms with Crippen molar-refractivity contribution in [3.8, 4) is 0 Å². The number of hydrogen-bond acceptors (Lipinski definition) is 4. The van der Waals surface area contributed by atoms with Crippen LogP contribution in [0.3, 0.4) is 0 Å². The fraction of sp³-hybridized carbons (Fsp3) is 0.438. The number of alkyl halides is 1. The number of methoxy groups -OCH3 is 1. The Bertz CT molecular complexity index is 555. The van der Waals surface area contributed by atoms with Crippen molar-refractivity contribution in [2.75, 3.05) is 7.11 Å². The molecule has 0 heterocycles. The number of ether oxygens (including phenoxy) is 1. The van der Waals surface area contributed by atoms with Gasteiger partial charge in [-0.2, -0.15) is 0 Å². The number of halogens is 1. The summed E-state index contributed by atoms with van der Waals surface area (Å²) in [5, 5.41) is 0. The van der Waals surface area contributed by atoms with Crippen molar-refractivity contribution in [2.24, 2.45) is 5.92 Å². The first kappa shape index (κ1) is 15.4. The van der Waals surface area contributed by atoms with Crippen LogP contribution >= 0.6 is 0 Å². The van der Waals surface area contributed by atoms with Gasteiger partial charge in [0.05, 0.1) is 7.11 Å². The Morgan fingerprint density at radius 1 is 1.29 bits per heavy atom. The van der Waals surface area contributed by atoms with Gasteiger partial charge in [0.2, 0.25) is 5.78 Å². The van der Waals surface area contributed by atoms with E-state index in [1.54, 1.807) is 18.2 Å². The number of Topliss-reactive ketones (excluding diaryl/α,β-unsaturated/α-hetero) is 2. The highest BCUT2D eigenvalue weighted by Crippen LogP contribution is 2.37. The van der Waals surface area contributed by atoms with E-state index in [0.29, 0.717) is 19.3 Å². The molecule has 0 aliphatic heterocycles. The Kier molecular flexibility index (Phi) is 4.50. The highest BCUT2D eigenvalue weighted by atomic mass is 19.1. The van der Waals surface area contributed by atoms with E-state index in [-0.39, 0.29) is 17.8 Å². The summed E-state index contributed by atoms with van der Waals surface area (Å²) >= 11 is 0. The molecule has 4 nitrogen and oxygen atoms in total. The van der Waals surface area contributed by atoms with Gasteiger partial charge in [-0.1, -0.05) is 30.3 Å².